The molecule has 0 fully saturated rings. The van der Waals surface area contributed by atoms with Gasteiger partial charge in [0.05, 0.1) is 24.1 Å². The van der Waals surface area contributed by atoms with E-state index in [1.807, 2.05) is 54.8 Å². The number of aliphatic imine (C=N–C) groups is 1. The number of hydrogen-bond donors (Lipinski definition) is 2. The topological polar surface area (TPSA) is 79.8 Å². The van der Waals surface area contributed by atoms with Gasteiger partial charge in [0.1, 0.15) is 5.75 Å². The van der Waals surface area contributed by atoms with Crippen molar-refractivity contribution in [2.45, 2.75) is 11.1 Å². The minimum absolute atomic E-state index is 0.334. The van der Waals surface area contributed by atoms with Gasteiger partial charge in [-0.1, -0.05) is 54.6 Å². The fourth-order valence-corrected chi connectivity index (χ4v) is 4.01. The summed E-state index contributed by atoms with van der Waals surface area (Å²) in [5.41, 5.74) is 3.32. The van der Waals surface area contributed by atoms with Crippen molar-refractivity contribution in [2.24, 2.45) is 4.99 Å². The van der Waals surface area contributed by atoms with Gasteiger partial charge in [-0.2, -0.15) is 0 Å². The molecule has 2 N–H and O–H groups in total. The Hall–Kier alpha value is -3.58. The summed E-state index contributed by atoms with van der Waals surface area (Å²) in [4.78, 5) is 31.6. The molecular formula is C24H21N3O3S. The zero-order chi connectivity index (χ0) is 21.8. The molecule has 4 rings (SSSR count). The average molecular weight is 432 g/mol. The van der Waals surface area contributed by atoms with Crippen LogP contribution in [0.2, 0.25) is 0 Å². The Morgan fingerprint density at radius 3 is 2.52 bits per heavy atom. The summed E-state index contributed by atoms with van der Waals surface area (Å²) in [5, 5.41) is 5.70. The quantitative estimate of drug-likeness (QED) is 0.600. The molecule has 156 valence electrons. The molecule has 6 nitrogen and oxygen atoms in total. The number of methoxy groups -OCH3 is 1. The second-order valence-electron chi connectivity index (χ2n) is 6.79. The van der Waals surface area contributed by atoms with Crippen LogP contribution in [0.15, 0.2) is 82.7 Å². The Bertz CT molecular complexity index is 1160. The standard InChI is InChI=1S/C24H21N3O3S/c1-30-18-13-7-6-11-16(18)23(28)27-22-24(29)26-21-17(12-8-14-19(21)31-2)20(25-22)15-9-4-3-5-10-15/h3-14,22H,1-2H3,(H,26,29)(H,27,28). The number of carbonyl (C=O) groups is 2. The Balaban J connectivity index is 1.78. The van der Waals surface area contributed by atoms with Crippen molar-refractivity contribution >= 4 is 35.0 Å². The van der Waals surface area contributed by atoms with E-state index < -0.39 is 18.0 Å². The first kappa shape index (κ1) is 20.7. The zero-order valence-electron chi connectivity index (χ0n) is 17.1. The van der Waals surface area contributed by atoms with Gasteiger partial charge < -0.3 is 15.4 Å². The highest BCUT2D eigenvalue weighted by molar-refractivity contribution is 7.98. The lowest BCUT2D eigenvalue weighted by Crippen LogP contribution is -2.42. The number of nitrogens with zero attached hydrogens (tertiary/aromatic N) is 1. The molecule has 0 bridgehead atoms. The van der Waals surface area contributed by atoms with Crippen LogP contribution in [0, 0.1) is 0 Å². The van der Waals surface area contributed by atoms with Gasteiger partial charge in [-0.25, -0.2) is 4.99 Å². The number of fused-ring (bicyclic) bond motifs is 1. The molecule has 2 amide bonds. The van der Waals surface area contributed by atoms with E-state index >= 15 is 0 Å². The minimum Gasteiger partial charge on any atom is -0.496 e. The van der Waals surface area contributed by atoms with Crippen molar-refractivity contribution in [3.8, 4) is 5.75 Å². The maximum atomic E-state index is 13.1. The van der Waals surface area contributed by atoms with Crippen LogP contribution in [0.5, 0.6) is 5.75 Å². The third kappa shape index (κ3) is 4.18. The molecule has 1 atom stereocenters. The van der Waals surface area contributed by atoms with Gasteiger partial charge in [-0.3, -0.25) is 9.59 Å². The van der Waals surface area contributed by atoms with E-state index in [0.717, 1.165) is 16.0 Å². The largest absolute Gasteiger partial charge is 0.496 e. The van der Waals surface area contributed by atoms with E-state index in [1.165, 1.54) is 18.9 Å². The predicted molar refractivity (Wildman–Crippen MR) is 123 cm³/mol. The molecule has 0 radical (unpaired) electrons. The Kier molecular flexibility index (Phi) is 6.04. The van der Waals surface area contributed by atoms with Crippen molar-refractivity contribution < 1.29 is 14.3 Å². The molecule has 1 unspecified atom stereocenters. The van der Waals surface area contributed by atoms with Crippen molar-refractivity contribution in [3.05, 3.63) is 89.5 Å². The number of rotatable bonds is 5. The summed E-state index contributed by atoms with van der Waals surface area (Å²) in [6.45, 7) is 0. The van der Waals surface area contributed by atoms with Crippen molar-refractivity contribution in [2.75, 3.05) is 18.7 Å². The molecule has 3 aromatic carbocycles. The van der Waals surface area contributed by atoms with Gasteiger partial charge in [0.25, 0.3) is 11.8 Å². The minimum atomic E-state index is -1.10. The number of nitrogens with one attached hydrogen (secondary N) is 2. The van der Waals surface area contributed by atoms with Crippen LogP contribution in [-0.4, -0.2) is 37.1 Å². The van der Waals surface area contributed by atoms with Crippen LogP contribution in [0.1, 0.15) is 21.5 Å². The smallest absolute Gasteiger partial charge is 0.269 e. The number of para-hydroxylation sites is 2. The third-order valence-corrected chi connectivity index (χ3v) is 5.70. The molecule has 0 spiro atoms. The summed E-state index contributed by atoms with van der Waals surface area (Å²) in [6.07, 6.45) is 0.849. The third-order valence-electron chi connectivity index (χ3n) is 4.92. The molecule has 1 aliphatic heterocycles. The highest BCUT2D eigenvalue weighted by Gasteiger charge is 2.29. The highest BCUT2D eigenvalue weighted by Crippen LogP contribution is 2.32. The van der Waals surface area contributed by atoms with Crippen molar-refractivity contribution in [1.29, 1.82) is 0 Å². The number of benzene rings is 3. The number of thioether (sulfide) groups is 1. The number of amides is 2. The van der Waals surface area contributed by atoms with E-state index in [0.29, 0.717) is 22.7 Å². The predicted octanol–water partition coefficient (Wildman–Crippen LogP) is 3.96. The number of benzodiazepines with no additional fused rings is 1. The molecule has 1 heterocycles. The average Bonchev–Trinajstić information content (AvgIpc) is 2.95. The second-order valence-corrected chi connectivity index (χ2v) is 7.64. The van der Waals surface area contributed by atoms with Gasteiger partial charge >= 0.3 is 0 Å². The maximum absolute atomic E-state index is 13.1. The molecule has 0 saturated carbocycles. The van der Waals surface area contributed by atoms with Gasteiger partial charge in [0.2, 0.25) is 6.17 Å². The van der Waals surface area contributed by atoms with Crippen LogP contribution in [0.25, 0.3) is 0 Å². The first-order valence-electron chi connectivity index (χ1n) is 9.67. The number of carbonyl (C=O) groups excluding carboxylic acids is 2. The molecule has 7 heteroatoms. The molecule has 0 saturated heterocycles. The van der Waals surface area contributed by atoms with Crippen LogP contribution >= 0.6 is 11.8 Å². The fraction of sp³-hybridized carbons (Fsp3) is 0.125. The van der Waals surface area contributed by atoms with E-state index in [1.54, 1.807) is 24.3 Å². The first-order chi connectivity index (χ1) is 15.1. The Morgan fingerprint density at radius 1 is 1.03 bits per heavy atom. The lowest BCUT2D eigenvalue weighted by Gasteiger charge is -2.15. The molecule has 31 heavy (non-hydrogen) atoms. The van der Waals surface area contributed by atoms with Crippen LogP contribution in [0.3, 0.4) is 0 Å². The monoisotopic (exact) mass is 431 g/mol. The lowest BCUT2D eigenvalue weighted by atomic mass is 10.0. The van der Waals surface area contributed by atoms with Crippen molar-refractivity contribution in [1.82, 2.24) is 5.32 Å². The van der Waals surface area contributed by atoms with Gasteiger partial charge in [0.15, 0.2) is 0 Å². The van der Waals surface area contributed by atoms with Crippen LogP contribution < -0.4 is 15.4 Å². The molecule has 0 aliphatic carbocycles. The van der Waals surface area contributed by atoms with Gasteiger partial charge in [-0.15, -0.1) is 11.8 Å². The number of hydrogen-bond acceptors (Lipinski definition) is 5. The highest BCUT2D eigenvalue weighted by atomic mass is 32.2. The maximum Gasteiger partial charge on any atom is 0.269 e. The van der Waals surface area contributed by atoms with E-state index in [4.69, 9.17) is 4.74 Å². The zero-order valence-corrected chi connectivity index (χ0v) is 17.9. The second kappa shape index (κ2) is 9.06. The summed E-state index contributed by atoms with van der Waals surface area (Å²) < 4.78 is 5.28. The van der Waals surface area contributed by atoms with E-state index in [2.05, 4.69) is 15.6 Å². The molecule has 0 aromatic heterocycles. The fourth-order valence-electron chi connectivity index (χ4n) is 3.43. The molecule has 1 aliphatic rings. The number of ether oxygens (including phenoxy) is 1. The molecule has 3 aromatic rings. The van der Waals surface area contributed by atoms with Crippen LogP contribution in [-0.2, 0) is 4.79 Å². The summed E-state index contributed by atoms with van der Waals surface area (Å²) >= 11 is 1.54. The van der Waals surface area contributed by atoms with Gasteiger partial charge in [-0.05, 0) is 24.5 Å². The summed E-state index contributed by atoms with van der Waals surface area (Å²) in [7, 11) is 1.50. The summed E-state index contributed by atoms with van der Waals surface area (Å²) in [5.74, 6) is -0.420. The van der Waals surface area contributed by atoms with Crippen LogP contribution in [0.4, 0.5) is 5.69 Å². The number of anilines is 1. The summed E-state index contributed by atoms with van der Waals surface area (Å²) in [6, 6.07) is 22.3. The SMILES string of the molecule is COc1ccccc1C(=O)NC1N=C(c2ccccc2)c2cccc(SC)c2NC1=O. The van der Waals surface area contributed by atoms with E-state index in [9.17, 15) is 9.59 Å². The van der Waals surface area contributed by atoms with Gasteiger partial charge in [0, 0.05) is 16.0 Å². The van der Waals surface area contributed by atoms with E-state index in [-0.39, 0.29) is 0 Å². The molecular weight excluding hydrogens is 410 g/mol. The first-order valence-corrected chi connectivity index (χ1v) is 10.9. The Labute approximate surface area is 184 Å². The Morgan fingerprint density at radius 2 is 1.77 bits per heavy atom. The lowest BCUT2D eigenvalue weighted by molar-refractivity contribution is -0.117. The van der Waals surface area contributed by atoms with Crippen molar-refractivity contribution in [3.63, 3.8) is 0 Å². The normalized spacial score (nSPS) is 15.2.